The summed E-state index contributed by atoms with van der Waals surface area (Å²) < 4.78 is 6.61. The van der Waals surface area contributed by atoms with Crippen molar-refractivity contribution >= 4 is 23.1 Å². The molecule has 0 amide bonds. The Morgan fingerprint density at radius 1 is 1.44 bits per heavy atom. The Labute approximate surface area is 103 Å². The molecule has 0 aliphatic rings. The molecule has 2 rings (SSSR count). The SMILES string of the molecule is CCOc1ccnc(CSc2cccs2)n1. The third kappa shape index (κ3) is 3.21. The van der Waals surface area contributed by atoms with Crippen LogP contribution in [0.25, 0.3) is 0 Å². The molecule has 84 valence electrons. The van der Waals surface area contributed by atoms with E-state index < -0.39 is 0 Å². The molecule has 2 aromatic heterocycles. The van der Waals surface area contributed by atoms with Crippen molar-refractivity contribution in [3.63, 3.8) is 0 Å². The van der Waals surface area contributed by atoms with Gasteiger partial charge in [0, 0.05) is 12.3 Å². The molecule has 16 heavy (non-hydrogen) atoms. The quantitative estimate of drug-likeness (QED) is 0.765. The molecule has 0 fully saturated rings. The van der Waals surface area contributed by atoms with E-state index in [2.05, 4.69) is 21.4 Å². The first kappa shape index (κ1) is 11.4. The van der Waals surface area contributed by atoms with Gasteiger partial charge in [0.05, 0.1) is 16.6 Å². The van der Waals surface area contributed by atoms with E-state index in [9.17, 15) is 0 Å². The third-order valence-electron chi connectivity index (χ3n) is 1.81. The number of thiophene rings is 1. The summed E-state index contributed by atoms with van der Waals surface area (Å²) in [5, 5.41) is 2.07. The highest BCUT2D eigenvalue weighted by Gasteiger charge is 2.01. The van der Waals surface area contributed by atoms with Gasteiger partial charge in [0.1, 0.15) is 5.82 Å². The van der Waals surface area contributed by atoms with Crippen LogP contribution in [-0.4, -0.2) is 16.6 Å². The second-order valence-electron chi connectivity index (χ2n) is 2.96. The van der Waals surface area contributed by atoms with Gasteiger partial charge in [-0.25, -0.2) is 4.98 Å². The van der Waals surface area contributed by atoms with E-state index >= 15 is 0 Å². The molecule has 0 spiro atoms. The minimum atomic E-state index is 0.633. The summed E-state index contributed by atoms with van der Waals surface area (Å²) in [7, 11) is 0. The minimum Gasteiger partial charge on any atom is -0.478 e. The van der Waals surface area contributed by atoms with Crippen molar-refractivity contribution in [2.45, 2.75) is 16.9 Å². The van der Waals surface area contributed by atoms with Crippen molar-refractivity contribution in [1.29, 1.82) is 0 Å². The van der Waals surface area contributed by atoms with Crippen LogP contribution in [0.1, 0.15) is 12.7 Å². The molecule has 0 atom stereocenters. The molecule has 2 aromatic rings. The Kier molecular flexibility index (Phi) is 4.18. The first-order chi connectivity index (χ1) is 7.88. The molecule has 2 heterocycles. The zero-order valence-electron chi connectivity index (χ0n) is 8.92. The molecular weight excluding hydrogens is 240 g/mol. The van der Waals surface area contributed by atoms with Crippen LogP contribution in [0.15, 0.2) is 34.0 Å². The van der Waals surface area contributed by atoms with Crippen molar-refractivity contribution in [1.82, 2.24) is 9.97 Å². The highest BCUT2D eigenvalue weighted by atomic mass is 32.2. The Bertz CT molecular complexity index is 431. The van der Waals surface area contributed by atoms with E-state index in [1.807, 2.05) is 13.0 Å². The minimum absolute atomic E-state index is 0.633. The van der Waals surface area contributed by atoms with Crippen LogP contribution in [0.4, 0.5) is 0 Å². The van der Waals surface area contributed by atoms with Crippen LogP contribution < -0.4 is 4.74 Å². The summed E-state index contributed by atoms with van der Waals surface area (Å²) in [5.41, 5.74) is 0. The highest BCUT2D eigenvalue weighted by Crippen LogP contribution is 2.26. The number of nitrogens with zero attached hydrogens (tertiary/aromatic N) is 2. The van der Waals surface area contributed by atoms with Crippen molar-refractivity contribution in [2.75, 3.05) is 6.61 Å². The van der Waals surface area contributed by atoms with Crippen LogP contribution in [0.3, 0.4) is 0 Å². The average Bonchev–Trinajstić information content (AvgIpc) is 2.80. The van der Waals surface area contributed by atoms with E-state index in [0.717, 1.165) is 11.6 Å². The smallest absolute Gasteiger partial charge is 0.216 e. The molecule has 0 saturated heterocycles. The first-order valence-electron chi connectivity index (χ1n) is 4.99. The lowest BCUT2D eigenvalue weighted by molar-refractivity contribution is 0.325. The first-order valence-corrected chi connectivity index (χ1v) is 6.86. The van der Waals surface area contributed by atoms with E-state index in [0.29, 0.717) is 12.5 Å². The molecule has 0 bridgehead atoms. The molecule has 0 aliphatic heterocycles. The van der Waals surface area contributed by atoms with Crippen LogP contribution in [0.2, 0.25) is 0 Å². The average molecular weight is 252 g/mol. The number of thioether (sulfide) groups is 1. The number of rotatable bonds is 5. The summed E-state index contributed by atoms with van der Waals surface area (Å²) in [6, 6.07) is 5.93. The topological polar surface area (TPSA) is 35.0 Å². The van der Waals surface area contributed by atoms with E-state index in [1.54, 1.807) is 35.4 Å². The Hall–Kier alpha value is -1.07. The molecule has 0 aliphatic carbocycles. The Balaban J connectivity index is 1.96. The summed E-state index contributed by atoms with van der Waals surface area (Å²) >= 11 is 3.48. The summed E-state index contributed by atoms with van der Waals surface area (Å²) in [6.07, 6.45) is 1.74. The molecule has 0 unspecified atom stereocenters. The fourth-order valence-electron chi connectivity index (χ4n) is 1.16. The molecule has 3 nitrogen and oxygen atoms in total. The van der Waals surface area contributed by atoms with E-state index in [4.69, 9.17) is 4.74 Å². The number of hydrogen-bond acceptors (Lipinski definition) is 5. The summed E-state index contributed by atoms with van der Waals surface area (Å²) in [4.78, 5) is 8.53. The maximum absolute atomic E-state index is 5.33. The monoisotopic (exact) mass is 252 g/mol. The Morgan fingerprint density at radius 2 is 2.38 bits per heavy atom. The lowest BCUT2D eigenvalue weighted by atomic mass is 10.6. The largest absolute Gasteiger partial charge is 0.478 e. The number of aromatic nitrogens is 2. The zero-order valence-corrected chi connectivity index (χ0v) is 10.6. The standard InChI is InChI=1S/C11H12N2OS2/c1-2-14-10-5-6-12-9(13-10)8-16-11-4-3-7-15-11/h3-7H,2,8H2,1H3. The van der Waals surface area contributed by atoms with Crippen LogP contribution in [0.5, 0.6) is 5.88 Å². The molecule has 0 saturated carbocycles. The molecule has 0 radical (unpaired) electrons. The van der Waals surface area contributed by atoms with Gasteiger partial charge in [-0.15, -0.1) is 23.1 Å². The second-order valence-corrected chi connectivity index (χ2v) is 5.19. The van der Waals surface area contributed by atoms with Gasteiger partial charge in [-0.1, -0.05) is 6.07 Å². The van der Waals surface area contributed by atoms with Gasteiger partial charge in [0.25, 0.3) is 0 Å². The van der Waals surface area contributed by atoms with Crippen molar-refractivity contribution in [2.24, 2.45) is 0 Å². The van der Waals surface area contributed by atoms with Crippen LogP contribution >= 0.6 is 23.1 Å². The predicted octanol–water partition coefficient (Wildman–Crippen LogP) is 3.23. The lowest BCUT2D eigenvalue weighted by Crippen LogP contribution is -1.98. The molecular formula is C11H12N2OS2. The molecule has 5 heteroatoms. The second kappa shape index (κ2) is 5.86. The number of hydrogen-bond donors (Lipinski definition) is 0. The van der Waals surface area contributed by atoms with Crippen molar-refractivity contribution in [3.05, 3.63) is 35.6 Å². The maximum Gasteiger partial charge on any atom is 0.216 e. The fraction of sp³-hybridized carbons (Fsp3) is 0.273. The van der Waals surface area contributed by atoms with Crippen LogP contribution in [-0.2, 0) is 5.75 Å². The van der Waals surface area contributed by atoms with Crippen molar-refractivity contribution in [3.8, 4) is 5.88 Å². The normalized spacial score (nSPS) is 10.3. The molecule has 0 aromatic carbocycles. The zero-order chi connectivity index (χ0) is 11.2. The predicted molar refractivity (Wildman–Crippen MR) is 67.1 cm³/mol. The van der Waals surface area contributed by atoms with Gasteiger partial charge in [-0.3, -0.25) is 0 Å². The van der Waals surface area contributed by atoms with E-state index in [-0.39, 0.29) is 0 Å². The fourth-order valence-corrected chi connectivity index (χ4v) is 2.81. The maximum atomic E-state index is 5.33. The highest BCUT2D eigenvalue weighted by molar-refractivity contribution is 8.00. The lowest BCUT2D eigenvalue weighted by Gasteiger charge is -2.03. The van der Waals surface area contributed by atoms with Gasteiger partial charge in [0.15, 0.2) is 0 Å². The van der Waals surface area contributed by atoms with Gasteiger partial charge >= 0.3 is 0 Å². The van der Waals surface area contributed by atoms with Gasteiger partial charge in [0.2, 0.25) is 5.88 Å². The van der Waals surface area contributed by atoms with Gasteiger partial charge in [-0.2, -0.15) is 4.98 Å². The number of ether oxygens (including phenoxy) is 1. The van der Waals surface area contributed by atoms with Gasteiger partial charge < -0.3 is 4.74 Å². The Morgan fingerprint density at radius 3 is 3.12 bits per heavy atom. The molecule has 0 N–H and O–H groups in total. The van der Waals surface area contributed by atoms with Gasteiger partial charge in [-0.05, 0) is 18.4 Å². The van der Waals surface area contributed by atoms with E-state index in [1.165, 1.54) is 4.21 Å². The summed E-state index contributed by atoms with van der Waals surface area (Å²) in [6.45, 7) is 2.58. The third-order valence-corrected chi connectivity index (χ3v) is 3.94. The van der Waals surface area contributed by atoms with Crippen molar-refractivity contribution < 1.29 is 4.74 Å². The summed E-state index contributed by atoms with van der Waals surface area (Å²) in [5.74, 6) is 2.24. The van der Waals surface area contributed by atoms with Crippen LogP contribution in [0, 0.1) is 0 Å².